The lowest BCUT2D eigenvalue weighted by molar-refractivity contribution is -0.121. The zero-order valence-corrected chi connectivity index (χ0v) is 19.3. The van der Waals surface area contributed by atoms with Crippen LogP contribution >= 0.6 is 24.0 Å². The summed E-state index contributed by atoms with van der Waals surface area (Å²) in [5.41, 5.74) is 2.58. The van der Waals surface area contributed by atoms with Crippen molar-refractivity contribution in [1.82, 2.24) is 20.4 Å². The van der Waals surface area contributed by atoms with Crippen LogP contribution in [0, 0.1) is 5.92 Å². The van der Waals surface area contributed by atoms with Crippen LogP contribution in [0.3, 0.4) is 0 Å². The molecule has 1 aliphatic heterocycles. The molecule has 2 rings (SSSR count). The Hall–Kier alpha value is -1.35. The van der Waals surface area contributed by atoms with E-state index in [0.29, 0.717) is 12.3 Å². The van der Waals surface area contributed by atoms with E-state index in [9.17, 15) is 4.79 Å². The molecule has 1 aromatic carbocycles. The number of amides is 1. The largest absolute Gasteiger partial charge is 0.359 e. The van der Waals surface area contributed by atoms with Crippen LogP contribution in [0.25, 0.3) is 0 Å². The van der Waals surface area contributed by atoms with Gasteiger partial charge in [0.25, 0.3) is 0 Å². The van der Waals surface area contributed by atoms with Crippen molar-refractivity contribution in [3.8, 4) is 0 Å². The van der Waals surface area contributed by atoms with Crippen LogP contribution in [0.4, 0.5) is 0 Å². The third-order valence-electron chi connectivity index (χ3n) is 4.82. The highest BCUT2D eigenvalue weighted by Gasteiger charge is 2.22. The zero-order valence-electron chi connectivity index (χ0n) is 17.0. The summed E-state index contributed by atoms with van der Waals surface area (Å²) in [6.07, 6.45) is 2.70. The number of piperidine rings is 1. The topological polar surface area (TPSA) is 60.0 Å². The lowest BCUT2D eigenvalue weighted by atomic mass is 9.93. The fraction of sp³-hybridized carbons (Fsp3) is 0.600. The molecule has 0 spiro atoms. The van der Waals surface area contributed by atoms with Crippen LogP contribution in [0.15, 0.2) is 29.3 Å². The van der Waals surface area contributed by atoms with Crippen molar-refractivity contribution >= 4 is 35.8 Å². The highest BCUT2D eigenvalue weighted by molar-refractivity contribution is 14.0. The summed E-state index contributed by atoms with van der Waals surface area (Å²) in [5, 5.41) is 6.21. The molecule has 0 aliphatic carbocycles. The van der Waals surface area contributed by atoms with Crippen LogP contribution in [0.2, 0.25) is 0 Å². The van der Waals surface area contributed by atoms with E-state index in [4.69, 9.17) is 0 Å². The summed E-state index contributed by atoms with van der Waals surface area (Å²) < 4.78 is 0. The van der Waals surface area contributed by atoms with Gasteiger partial charge < -0.3 is 20.4 Å². The number of nitrogens with zero attached hydrogens (tertiary/aromatic N) is 3. The lowest BCUT2D eigenvalue weighted by Gasteiger charge is -2.34. The second kappa shape index (κ2) is 12.2. The van der Waals surface area contributed by atoms with Crippen molar-refractivity contribution < 1.29 is 4.79 Å². The maximum Gasteiger partial charge on any atom is 0.220 e. The van der Waals surface area contributed by atoms with E-state index in [2.05, 4.69) is 63.8 Å². The van der Waals surface area contributed by atoms with Crippen LogP contribution in [-0.2, 0) is 17.9 Å². The highest BCUT2D eigenvalue weighted by Crippen LogP contribution is 2.20. The molecule has 0 radical (unpaired) electrons. The Bertz CT molecular complexity index is 612. The third kappa shape index (κ3) is 8.04. The van der Waals surface area contributed by atoms with E-state index in [0.717, 1.165) is 45.0 Å². The molecule has 1 aromatic rings. The number of benzene rings is 1. The Morgan fingerprint density at radius 1 is 1.26 bits per heavy atom. The highest BCUT2D eigenvalue weighted by atomic mass is 127. The molecule has 0 aromatic heterocycles. The van der Waals surface area contributed by atoms with Crippen LogP contribution in [0.1, 0.15) is 30.4 Å². The second-order valence-corrected chi connectivity index (χ2v) is 7.27. The minimum absolute atomic E-state index is 0. The molecule has 0 saturated carbocycles. The molecule has 1 amide bonds. The minimum Gasteiger partial charge on any atom is -0.359 e. The number of rotatable bonds is 6. The monoisotopic (exact) mass is 487 g/mol. The third-order valence-corrected chi connectivity index (χ3v) is 4.82. The van der Waals surface area contributed by atoms with E-state index in [-0.39, 0.29) is 29.9 Å². The van der Waals surface area contributed by atoms with E-state index in [1.165, 1.54) is 11.1 Å². The molecule has 0 unspecified atom stereocenters. The number of carbonyl (C=O) groups excluding carboxylic acids is 1. The average molecular weight is 487 g/mol. The smallest absolute Gasteiger partial charge is 0.220 e. The summed E-state index contributed by atoms with van der Waals surface area (Å²) in [5.74, 6) is 1.57. The van der Waals surface area contributed by atoms with Crippen molar-refractivity contribution in [2.45, 2.75) is 32.4 Å². The molecule has 1 heterocycles. The lowest BCUT2D eigenvalue weighted by Crippen LogP contribution is -2.45. The van der Waals surface area contributed by atoms with Crippen LogP contribution in [0.5, 0.6) is 0 Å². The van der Waals surface area contributed by atoms with E-state index >= 15 is 0 Å². The molecule has 0 bridgehead atoms. The quantitative estimate of drug-likeness (QED) is 0.368. The summed E-state index contributed by atoms with van der Waals surface area (Å²) in [6.45, 7) is 3.61. The fourth-order valence-electron chi connectivity index (χ4n) is 3.43. The molecule has 2 N–H and O–H groups in total. The number of guanidine groups is 1. The van der Waals surface area contributed by atoms with Gasteiger partial charge in [0.2, 0.25) is 5.91 Å². The Morgan fingerprint density at radius 3 is 2.52 bits per heavy atom. The number of aliphatic imine (C=N–C) groups is 1. The Kier molecular flexibility index (Phi) is 10.7. The minimum atomic E-state index is 0. The molecule has 1 fully saturated rings. The van der Waals surface area contributed by atoms with Crippen LogP contribution < -0.4 is 10.6 Å². The number of likely N-dealkylation sites (tertiary alicyclic amines) is 1. The number of hydrogen-bond acceptors (Lipinski definition) is 3. The molecular formula is C20H34IN5O. The van der Waals surface area contributed by atoms with Gasteiger partial charge in [-0.15, -0.1) is 24.0 Å². The van der Waals surface area contributed by atoms with Gasteiger partial charge in [-0.05, 0) is 44.0 Å². The normalized spacial score (nSPS) is 15.4. The van der Waals surface area contributed by atoms with E-state index in [1.807, 2.05) is 7.05 Å². The first-order valence-corrected chi connectivity index (χ1v) is 9.40. The molecule has 7 heteroatoms. The van der Waals surface area contributed by atoms with Gasteiger partial charge >= 0.3 is 0 Å². The second-order valence-electron chi connectivity index (χ2n) is 7.27. The number of halogens is 1. The SMILES string of the molecule is CN=C(NCc1cccc(CN(C)C)c1)N1CCC(CC(=O)NC)CC1.I. The number of nitrogens with one attached hydrogen (secondary N) is 2. The maximum absolute atomic E-state index is 11.5. The van der Waals surface area contributed by atoms with Gasteiger partial charge in [0.05, 0.1) is 0 Å². The Morgan fingerprint density at radius 2 is 1.93 bits per heavy atom. The fourth-order valence-corrected chi connectivity index (χ4v) is 3.43. The van der Waals surface area contributed by atoms with Crippen molar-refractivity contribution in [2.75, 3.05) is 41.3 Å². The first kappa shape index (κ1) is 23.7. The standard InChI is InChI=1S/C20H33N5O.HI/c1-21-19(26)13-16-8-10-25(11-9-16)20(22-2)23-14-17-6-5-7-18(12-17)15-24(3)4;/h5-7,12,16H,8-11,13-15H2,1-4H3,(H,21,26)(H,22,23);1H. The maximum atomic E-state index is 11.5. The molecular weight excluding hydrogens is 453 g/mol. The van der Waals surface area contributed by atoms with Gasteiger partial charge in [-0.2, -0.15) is 0 Å². The summed E-state index contributed by atoms with van der Waals surface area (Å²) >= 11 is 0. The number of hydrogen-bond donors (Lipinski definition) is 2. The zero-order chi connectivity index (χ0) is 18.9. The van der Waals surface area contributed by atoms with E-state index < -0.39 is 0 Å². The van der Waals surface area contributed by atoms with Gasteiger partial charge in [-0.3, -0.25) is 9.79 Å². The van der Waals surface area contributed by atoms with E-state index in [1.54, 1.807) is 7.05 Å². The molecule has 6 nitrogen and oxygen atoms in total. The van der Waals surface area contributed by atoms with Crippen LogP contribution in [-0.4, -0.2) is 62.9 Å². The number of carbonyl (C=O) groups is 1. The summed E-state index contributed by atoms with van der Waals surface area (Å²) in [7, 11) is 7.71. The first-order valence-electron chi connectivity index (χ1n) is 9.40. The van der Waals surface area contributed by atoms with Crippen molar-refractivity contribution in [3.63, 3.8) is 0 Å². The van der Waals surface area contributed by atoms with Gasteiger partial charge in [0.15, 0.2) is 5.96 Å². The molecule has 27 heavy (non-hydrogen) atoms. The first-order chi connectivity index (χ1) is 12.5. The summed E-state index contributed by atoms with van der Waals surface area (Å²) in [4.78, 5) is 20.5. The Labute approximate surface area is 180 Å². The van der Waals surface area contributed by atoms with Gasteiger partial charge in [-0.25, -0.2) is 0 Å². The summed E-state index contributed by atoms with van der Waals surface area (Å²) in [6, 6.07) is 8.67. The molecule has 0 atom stereocenters. The molecule has 152 valence electrons. The average Bonchev–Trinajstić information content (AvgIpc) is 2.63. The van der Waals surface area contributed by atoms with Crippen molar-refractivity contribution in [3.05, 3.63) is 35.4 Å². The van der Waals surface area contributed by atoms with Gasteiger partial charge in [0.1, 0.15) is 0 Å². The van der Waals surface area contributed by atoms with Crippen molar-refractivity contribution in [2.24, 2.45) is 10.9 Å². The predicted octanol–water partition coefficient (Wildman–Crippen LogP) is 2.29. The van der Waals surface area contributed by atoms with Gasteiger partial charge in [-0.1, -0.05) is 24.3 Å². The van der Waals surface area contributed by atoms with Crippen molar-refractivity contribution in [1.29, 1.82) is 0 Å². The molecule has 1 saturated heterocycles. The predicted molar refractivity (Wildman–Crippen MR) is 122 cm³/mol. The molecule has 1 aliphatic rings. The van der Waals surface area contributed by atoms with Gasteiger partial charge in [0, 0.05) is 46.7 Å². The Balaban J connectivity index is 0.00000364.